The van der Waals surface area contributed by atoms with Crippen molar-refractivity contribution in [3.05, 3.63) is 72.3 Å². The van der Waals surface area contributed by atoms with E-state index in [1.54, 1.807) is 48.8 Å². The van der Waals surface area contributed by atoms with E-state index in [0.29, 0.717) is 42.4 Å². The van der Waals surface area contributed by atoms with E-state index in [9.17, 15) is 9.18 Å². The lowest BCUT2D eigenvalue weighted by molar-refractivity contribution is 0.0782. The SMILES string of the molecule is O=C(c1ccncc1)N1CCC(COc2ccc(-c3cccc(F)c3)nn2)C1. The fourth-order valence-corrected chi connectivity index (χ4v) is 3.23. The van der Waals surface area contributed by atoms with Gasteiger partial charge in [-0.3, -0.25) is 9.78 Å². The minimum absolute atomic E-state index is 0.0177. The summed E-state index contributed by atoms with van der Waals surface area (Å²) >= 11 is 0. The smallest absolute Gasteiger partial charge is 0.253 e. The molecule has 1 amide bonds. The van der Waals surface area contributed by atoms with Crippen LogP contribution in [0.3, 0.4) is 0 Å². The van der Waals surface area contributed by atoms with Crippen molar-refractivity contribution >= 4 is 5.91 Å². The van der Waals surface area contributed by atoms with Crippen LogP contribution >= 0.6 is 0 Å². The van der Waals surface area contributed by atoms with E-state index in [-0.39, 0.29) is 17.6 Å². The van der Waals surface area contributed by atoms with Crippen LogP contribution in [0, 0.1) is 11.7 Å². The third-order valence-corrected chi connectivity index (χ3v) is 4.73. The van der Waals surface area contributed by atoms with Crippen LogP contribution in [0.2, 0.25) is 0 Å². The van der Waals surface area contributed by atoms with Crippen LogP contribution in [0.5, 0.6) is 5.88 Å². The first-order chi connectivity index (χ1) is 13.7. The van der Waals surface area contributed by atoms with E-state index in [0.717, 1.165) is 6.42 Å². The summed E-state index contributed by atoms with van der Waals surface area (Å²) in [5.74, 6) is 0.366. The van der Waals surface area contributed by atoms with Crippen molar-refractivity contribution in [2.45, 2.75) is 6.42 Å². The number of pyridine rings is 1. The van der Waals surface area contributed by atoms with Crippen LogP contribution < -0.4 is 4.74 Å². The second-order valence-corrected chi connectivity index (χ2v) is 6.72. The standard InChI is InChI=1S/C21H19FN4O2/c22-18-3-1-2-17(12-18)19-4-5-20(25-24-19)28-14-15-8-11-26(13-15)21(27)16-6-9-23-10-7-16/h1-7,9-10,12,15H,8,11,13-14H2. The van der Waals surface area contributed by atoms with Crippen molar-refractivity contribution in [2.75, 3.05) is 19.7 Å². The predicted molar refractivity (Wildman–Crippen MR) is 101 cm³/mol. The number of hydrogen-bond donors (Lipinski definition) is 0. The summed E-state index contributed by atoms with van der Waals surface area (Å²) in [7, 11) is 0. The van der Waals surface area contributed by atoms with Gasteiger partial charge in [-0.15, -0.1) is 10.2 Å². The number of rotatable bonds is 5. The number of benzene rings is 1. The number of carbonyl (C=O) groups excluding carboxylic acids is 1. The van der Waals surface area contributed by atoms with Crippen LogP contribution in [-0.2, 0) is 0 Å². The van der Waals surface area contributed by atoms with Gasteiger partial charge < -0.3 is 9.64 Å². The van der Waals surface area contributed by atoms with Crippen molar-refractivity contribution in [2.24, 2.45) is 5.92 Å². The van der Waals surface area contributed by atoms with E-state index in [1.165, 1.54) is 12.1 Å². The molecule has 3 heterocycles. The molecule has 142 valence electrons. The third kappa shape index (κ3) is 4.14. The number of hydrogen-bond acceptors (Lipinski definition) is 5. The molecule has 6 nitrogen and oxygen atoms in total. The molecule has 1 fully saturated rings. The lowest BCUT2D eigenvalue weighted by atomic mass is 10.1. The number of halogens is 1. The molecule has 1 unspecified atom stereocenters. The van der Waals surface area contributed by atoms with Crippen molar-refractivity contribution in [3.8, 4) is 17.1 Å². The highest BCUT2D eigenvalue weighted by Gasteiger charge is 2.27. The summed E-state index contributed by atoms with van der Waals surface area (Å²) in [4.78, 5) is 18.2. The Bertz CT molecular complexity index is 950. The second kappa shape index (κ2) is 8.12. The number of nitrogens with zero attached hydrogens (tertiary/aromatic N) is 4. The van der Waals surface area contributed by atoms with Crippen LogP contribution in [0.4, 0.5) is 4.39 Å². The Labute approximate surface area is 162 Å². The van der Waals surface area contributed by atoms with E-state index in [4.69, 9.17) is 4.74 Å². The molecule has 0 aliphatic carbocycles. The van der Waals surface area contributed by atoms with Gasteiger partial charge >= 0.3 is 0 Å². The molecule has 7 heteroatoms. The first-order valence-corrected chi connectivity index (χ1v) is 9.11. The molecule has 1 saturated heterocycles. The van der Waals surface area contributed by atoms with Crippen LogP contribution in [0.15, 0.2) is 60.9 Å². The van der Waals surface area contributed by atoms with Gasteiger partial charge in [0.2, 0.25) is 5.88 Å². The van der Waals surface area contributed by atoms with Gasteiger partial charge in [-0.1, -0.05) is 12.1 Å². The average molecular weight is 378 g/mol. The Morgan fingerprint density at radius 2 is 2.00 bits per heavy atom. The van der Waals surface area contributed by atoms with Crippen LogP contribution in [0.1, 0.15) is 16.8 Å². The normalized spacial score (nSPS) is 16.2. The monoisotopic (exact) mass is 378 g/mol. The van der Waals surface area contributed by atoms with Gasteiger partial charge in [0, 0.05) is 48.6 Å². The zero-order valence-corrected chi connectivity index (χ0v) is 15.2. The summed E-state index contributed by atoms with van der Waals surface area (Å²) in [6.07, 6.45) is 4.12. The van der Waals surface area contributed by atoms with Gasteiger partial charge in [-0.2, -0.15) is 0 Å². The molecule has 0 saturated carbocycles. The number of carbonyl (C=O) groups is 1. The Hall–Kier alpha value is -3.35. The van der Waals surface area contributed by atoms with Crippen LogP contribution in [-0.4, -0.2) is 45.7 Å². The largest absolute Gasteiger partial charge is 0.476 e. The third-order valence-electron chi connectivity index (χ3n) is 4.73. The molecule has 1 aliphatic rings. The maximum Gasteiger partial charge on any atom is 0.253 e. The first-order valence-electron chi connectivity index (χ1n) is 9.11. The van der Waals surface area contributed by atoms with Crippen molar-refractivity contribution < 1.29 is 13.9 Å². The maximum absolute atomic E-state index is 13.3. The van der Waals surface area contributed by atoms with Crippen molar-refractivity contribution in [1.29, 1.82) is 0 Å². The Morgan fingerprint density at radius 1 is 1.14 bits per heavy atom. The molecular formula is C21H19FN4O2. The molecule has 0 radical (unpaired) electrons. The van der Waals surface area contributed by atoms with Crippen LogP contribution in [0.25, 0.3) is 11.3 Å². The molecule has 2 aromatic heterocycles. The number of amides is 1. The topological polar surface area (TPSA) is 68.2 Å². The van der Waals surface area contributed by atoms with Gasteiger partial charge in [-0.25, -0.2) is 4.39 Å². The first kappa shape index (κ1) is 18.0. The van der Waals surface area contributed by atoms with E-state index in [1.807, 2.05) is 4.90 Å². The van der Waals surface area contributed by atoms with Gasteiger partial charge in [0.15, 0.2) is 0 Å². The molecular weight excluding hydrogens is 359 g/mol. The highest BCUT2D eigenvalue weighted by atomic mass is 19.1. The number of likely N-dealkylation sites (tertiary alicyclic amines) is 1. The Balaban J connectivity index is 1.31. The summed E-state index contributed by atoms with van der Waals surface area (Å²) < 4.78 is 19.1. The lowest BCUT2D eigenvalue weighted by Gasteiger charge is -2.16. The Kier molecular flexibility index (Phi) is 5.23. The van der Waals surface area contributed by atoms with Gasteiger partial charge in [0.25, 0.3) is 5.91 Å². The molecule has 28 heavy (non-hydrogen) atoms. The van der Waals surface area contributed by atoms with Gasteiger partial charge in [-0.05, 0) is 36.8 Å². The Morgan fingerprint density at radius 3 is 2.75 bits per heavy atom. The van der Waals surface area contributed by atoms with Gasteiger partial charge in [0.05, 0.1) is 12.3 Å². The quantitative estimate of drug-likeness (QED) is 0.682. The molecule has 0 spiro atoms. The van der Waals surface area contributed by atoms with E-state index in [2.05, 4.69) is 15.2 Å². The highest BCUT2D eigenvalue weighted by molar-refractivity contribution is 5.94. The second-order valence-electron chi connectivity index (χ2n) is 6.72. The average Bonchev–Trinajstić information content (AvgIpc) is 3.22. The lowest BCUT2D eigenvalue weighted by Crippen LogP contribution is -2.29. The fraction of sp³-hybridized carbons (Fsp3) is 0.238. The molecule has 0 N–H and O–H groups in total. The number of ether oxygens (including phenoxy) is 1. The minimum Gasteiger partial charge on any atom is -0.476 e. The summed E-state index contributed by atoms with van der Waals surface area (Å²) in [5.41, 5.74) is 1.90. The molecule has 0 bridgehead atoms. The van der Waals surface area contributed by atoms with E-state index < -0.39 is 0 Å². The minimum atomic E-state index is -0.313. The molecule has 1 aromatic carbocycles. The molecule has 4 rings (SSSR count). The zero-order valence-electron chi connectivity index (χ0n) is 15.2. The highest BCUT2D eigenvalue weighted by Crippen LogP contribution is 2.21. The van der Waals surface area contributed by atoms with Crippen molar-refractivity contribution in [3.63, 3.8) is 0 Å². The predicted octanol–water partition coefficient (Wildman–Crippen LogP) is 3.22. The summed E-state index contributed by atoms with van der Waals surface area (Å²) in [5, 5.41) is 8.17. The number of aromatic nitrogens is 3. The molecule has 1 atom stereocenters. The van der Waals surface area contributed by atoms with Gasteiger partial charge in [0.1, 0.15) is 5.82 Å². The maximum atomic E-state index is 13.3. The zero-order chi connectivity index (χ0) is 19.3. The van der Waals surface area contributed by atoms with E-state index >= 15 is 0 Å². The summed E-state index contributed by atoms with van der Waals surface area (Å²) in [6, 6.07) is 13.1. The van der Waals surface area contributed by atoms with Crippen molar-refractivity contribution in [1.82, 2.24) is 20.1 Å². The summed E-state index contributed by atoms with van der Waals surface area (Å²) in [6.45, 7) is 1.82. The molecule has 1 aliphatic heterocycles. The molecule has 3 aromatic rings. The fourth-order valence-electron chi connectivity index (χ4n) is 3.23.